The Morgan fingerprint density at radius 2 is 1.95 bits per heavy atom. The van der Waals surface area contributed by atoms with Crippen LogP contribution in [-0.2, 0) is 9.59 Å². The Kier molecular flexibility index (Phi) is 7.02. The predicted octanol–water partition coefficient (Wildman–Crippen LogP) is 0.845. The van der Waals surface area contributed by atoms with Crippen LogP contribution in [-0.4, -0.2) is 60.4 Å². The summed E-state index contributed by atoms with van der Waals surface area (Å²) < 4.78 is 0. The smallest absolute Gasteiger partial charge is 0.246 e. The quantitative estimate of drug-likeness (QED) is 0.498. The Morgan fingerprint density at radius 1 is 1.26 bits per heavy atom. The Morgan fingerprint density at radius 3 is 2.53 bits per heavy atom. The molecule has 0 bridgehead atoms. The maximum absolute atomic E-state index is 12.0. The van der Waals surface area contributed by atoms with Crippen molar-refractivity contribution in [3.63, 3.8) is 0 Å². The highest BCUT2D eigenvalue weighted by atomic mass is 16.2. The van der Waals surface area contributed by atoms with Gasteiger partial charge in [0.2, 0.25) is 11.8 Å². The van der Waals surface area contributed by atoms with Crippen LogP contribution in [0.15, 0.2) is 0 Å². The third-order valence-corrected chi connectivity index (χ3v) is 3.63. The van der Waals surface area contributed by atoms with E-state index in [4.69, 9.17) is 0 Å². The standard InChI is InChI=1S/C14H27N3O2/c1-4-9-17-13(18)11-12(14(17)19)15-8-7-10-16(5-2)6-3/h12,15H,4-11H2,1-3H3. The molecule has 1 atom stereocenters. The number of hydrogen-bond donors (Lipinski definition) is 1. The van der Waals surface area contributed by atoms with Crippen molar-refractivity contribution in [1.82, 2.24) is 15.1 Å². The molecule has 110 valence electrons. The van der Waals surface area contributed by atoms with Crippen LogP contribution in [0, 0.1) is 0 Å². The summed E-state index contributed by atoms with van der Waals surface area (Å²) in [5, 5.41) is 3.22. The van der Waals surface area contributed by atoms with Crippen molar-refractivity contribution in [1.29, 1.82) is 0 Å². The summed E-state index contributed by atoms with van der Waals surface area (Å²) in [7, 11) is 0. The third kappa shape index (κ3) is 4.58. The molecule has 0 saturated carbocycles. The van der Waals surface area contributed by atoms with Crippen molar-refractivity contribution in [2.24, 2.45) is 0 Å². The SMILES string of the molecule is CCCN1C(=O)CC(NCCCN(CC)CC)C1=O. The van der Waals surface area contributed by atoms with Gasteiger partial charge in [-0.15, -0.1) is 0 Å². The van der Waals surface area contributed by atoms with Crippen molar-refractivity contribution in [3.05, 3.63) is 0 Å². The summed E-state index contributed by atoms with van der Waals surface area (Å²) >= 11 is 0. The monoisotopic (exact) mass is 269 g/mol. The van der Waals surface area contributed by atoms with Crippen LogP contribution in [0.25, 0.3) is 0 Å². The molecule has 1 rings (SSSR count). The summed E-state index contributed by atoms with van der Waals surface area (Å²) in [5.74, 6) is -0.0808. The molecule has 1 N–H and O–H groups in total. The van der Waals surface area contributed by atoms with Gasteiger partial charge in [-0.2, -0.15) is 0 Å². The fraction of sp³-hybridized carbons (Fsp3) is 0.857. The second-order valence-electron chi connectivity index (χ2n) is 4.97. The molecule has 0 aliphatic carbocycles. The van der Waals surface area contributed by atoms with Gasteiger partial charge < -0.3 is 10.2 Å². The van der Waals surface area contributed by atoms with Gasteiger partial charge in [-0.25, -0.2) is 0 Å². The molecule has 1 unspecified atom stereocenters. The van der Waals surface area contributed by atoms with Gasteiger partial charge in [-0.1, -0.05) is 20.8 Å². The largest absolute Gasteiger partial charge is 0.305 e. The molecule has 0 radical (unpaired) electrons. The first-order chi connectivity index (χ1) is 9.13. The molecule has 1 heterocycles. The Balaban J connectivity index is 2.27. The topological polar surface area (TPSA) is 52.7 Å². The normalized spacial score (nSPS) is 19.8. The Bertz CT molecular complexity index is 303. The molecule has 5 nitrogen and oxygen atoms in total. The molecule has 1 fully saturated rings. The minimum atomic E-state index is -0.296. The van der Waals surface area contributed by atoms with Gasteiger partial charge in [-0.05, 0) is 39.0 Å². The molecule has 1 saturated heterocycles. The zero-order chi connectivity index (χ0) is 14.3. The lowest BCUT2D eigenvalue weighted by atomic mass is 10.2. The number of nitrogens with zero attached hydrogens (tertiary/aromatic N) is 2. The van der Waals surface area contributed by atoms with Crippen LogP contribution in [0.2, 0.25) is 0 Å². The van der Waals surface area contributed by atoms with E-state index in [-0.39, 0.29) is 17.9 Å². The molecule has 0 aromatic rings. The lowest BCUT2D eigenvalue weighted by molar-refractivity contribution is -0.138. The molecule has 1 aliphatic rings. The van der Waals surface area contributed by atoms with E-state index in [1.807, 2.05) is 6.92 Å². The summed E-state index contributed by atoms with van der Waals surface area (Å²) in [6.45, 7) is 10.8. The number of amides is 2. The van der Waals surface area contributed by atoms with E-state index in [9.17, 15) is 9.59 Å². The Labute approximate surface area is 116 Å². The molecular formula is C14H27N3O2. The fourth-order valence-electron chi connectivity index (χ4n) is 2.42. The second-order valence-corrected chi connectivity index (χ2v) is 4.97. The molecule has 0 aromatic heterocycles. The van der Waals surface area contributed by atoms with Gasteiger partial charge in [0.15, 0.2) is 0 Å². The van der Waals surface area contributed by atoms with Gasteiger partial charge in [0.25, 0.3) is 0 Å². The highest BCUT2D eigenvalue weighted by molar-refractivity contribution is 6.05. The summed E-state index contributed by atoms with van der Waals surface area (Å²) in [6.07, 6.45) is 2.16. The van der Waals surface area contributed by atoms with E-state index in [0.29, 0.717) is 13.0 Å². The molecule has 2 amide bonds. The van der Waals surface area contributed by atoms with Crippen molar-refractivity contribution in [2.45, 2.75) is 46.1 Å². The van der Waals surface area contributed by atoms with Gasteiger partial charge in [-0.3, -0.25) is 14.5 Å². The Hall–Kier alpha value is -0.940. The number of rotatable bonds is 9. The average Bonchev–Trinajstić information content (AvgIpc) is 2.67. The molecule has 19 heavy (non-hydrogen) atoms. The summed E-state index contributed by atoms with van der Waals surface area (Å²) in [4.78, 5) is 27.4. The average molecular weight is 269 g/mol. The summed E-state index contributed by atoms with van der Waals surface area (Å²) in [5.41, 5.74) is 0. The number of likely N-dealkylation sites (tertiary alicyclic amines) is 1. The molecular weight excluding hydrogens is 242 g/mol. The minimum Gasteiger partial charge on any atom is -0.305 e. The van der Waals surface area contributed by atoms with Crippen LogP contribution in [0.5, 0.6) is 0 Å². The number of carbonyl (C=O) groups excluding carboxylic acids is 2. The number of carbonyl (C=O) groups is 2. The van der Waals surface area contributed by atoms with E-state index in [1.54, 1.807) is 0 Å². The van der Waals surface area contributed by atoms with E-state index >= 15 is 0 Å². The van der Waals surface area contributed by atoms with Crippen molar-refractivity contribution >= 4 is 11.8 Å². The first-order valence-corrected chi connectivity index (χ1v) is 7.43. The maximum Gasteiger partial charge on any atom is 0.246 e. The third-order valence-electron chi connectivity index (χ3n) is 3.63. The van der Waals surface area contributed by atoms with Crippen molar-refractivity contribution < 1.29 is 9.59 Å². The summed E-state index contributed by atoms with van der Waals surface area (Å²) in [6, 6.07) is -0.296. The lowest BCUT2D eigenvalue weighted by Crippen LogP contribution is -2.40. The molecule has 0 aromatic carbocycles. The number of imide groups is 1. The van der Waals surface area contributed by atoms with Gasteiger partial charge in [0, 0.05) is 6.54 Å². The first-order valence-electron chi connectivity index (χ1n) is 7.43. The van der Waals surface area contributed by atoms with E-state index < -0.39 is 0 Å². The zero-order valence-corrected chi connectivity index (χ0v) is 12.4. The zero-order valence-electron chi connectivity index (χ0n) is 12.4. The van der Waals surface area contributed by atoms with Gasteiger partial charge >= 0.3 is 0 Å². The van der Waals surface area contributed by atoms with Crippen molar-refractivity contribution in [2.75, 3.05) is 32.7 Å². The fourth-order valence-corrected chi connectivity index (χ4v) is 2.42. The van der Waals surface area contributed by atoms with Crippen LogP contribution in [0.4, 0.5) is 0 Å². The molecule has 5 heteroatoms. The highest BCUT2D eigenvalue weighted by Crippen LogP contribution is 2.13. The van der Waals surface area contributed by atoms with E-state index in [0.717, 1.165) is 39.0 Å². The van der Waals surface area contributed by atoms with Gasteiger partial charge in [0.05, 0.1) is 12.5 Å². The highest BCUT2D eigenvalue weighted by Gasteiger charge is 2.37. The lowest BCUT2D eigenvalue weighted by Gasteiger charge is -2.18. The van der Waals surface area contributed by atoms with Crippen LogP contribution < -0.4 is 5.32 Å². The predicted molar refractivity (Wildman–Crippen MR) is 75.8 cm³/mol. The molecule has 0 spiro atoms. The van der Waals surface area contributed by atoms with Crippen LogP contribution in [0.1, 0.15) is 40.0 Å². The number of nitrogens with one attached hydrogen (secondary N) is 1. The van der Waals surface area contributed by atoms with Crippen LogP contribution in [0.3, 0.4) is 0 Å². The second kappa shape index (κ2) is 8.27. The van der Waals surface area contributed by atoms with Crippen LogP contribution >= 0.6 is 0 Å². The van der Waals surface area contributed by atoms with E-state index in [2.05, 4.69) is 24.1 Å². The van der Waals surface area contributed by atoms with Crippen molar-refractivity contribution in [3.8, 4) is 0 Å². The van der Waals surface area contributed by atoms with Gasteiger partial charge in [0.1, 0.15) is 0 Å². The minimum absolute atomic E-state index is 0.0342. The first kappa shape index (κ1) is 16.1. The maximum atomic E-state index is 12.0. The molecule has 1 aliphatic heterocycles. The number of hydrogen-bond acceptors (Lipinski definition) is 4. The van der Waals surface area contributed by atoms with E-state index in [1.165, 1.54) is 4.90 Å².